The molecule has 0 spiro atoms. The highest BCUT2D eigenvalue weighted by molar-refractivity contribution is 7.90. The van der Waals surface area contributed by atoms with Crippen molar-refractivity contribution in [3.05, 3.63) is 137 Å². The normalized spacial score (nSPS) is 11.5. The van der Waals surface area contributed by atoms with Gasteiger partial charge in [0, 0.05) is 27.6 Å². The number of Topliss-reactive ketones (excluding diaryl/α,β-unsaturated/α-hetero) is 1. The van der Waals surface area contributed by atoms with Crippen LogP contribution in [-0.2, 0) is 10.0 Å². The lowest BCUT2D eigenvalue weighted by atomic mass is 9.94. The van der Waals surface area contributed by atoms with Crippen LogP contribution in [0.25, 0.3) is 49.3 Å². The van der Waals surface area contributed by atoms with E-state index in [9.17, 15) is 26.4 Å². The summed E-state index contributed by atoms with van der Waals surface area (Å²) in [6.45, 7) is 9.24. The molecule has 0 saturated heterocycles. The van der Waals surface area contributed by atoms with Crippen LogP contribution in [0, 0.1) is 12.4 Å². The molecule has 1 heterocycles. The maximum absolute atomic E-state index is 14.9. The molecule has 0 unspecified atom stereocenters. The Balaban J connectivity index is 1.72. The van der Waals surface area contributed by atoms with E-state index in [-0.39, 0.29) is 60.4 Å². The van der Waals surface area contributed by atoms with Crippen LogP contribution >= 0.6 is 11.6 Å². The second-order valence-electron chi connectivity index (χ2n) is 10.8. The van der Waals surface area contributed by atoms with Crippen molar-refractivity contribution in [1.82, 2.24) is 3.97 Å². The van der Waals surface area contributed by atoms with Crippen molar-refractivity contribution in [2.45, 2.75) is 18.2 Å². The zero-order valence-electron chi connectivity index (χ0n) is 25.3. The van der Waals surface area contributed by atoms with Crippen molar-refractivity contribution in [2.24, 2.45) is 0 Å². The van der Waals surface area contributed by atoms with E-state index >= 15 is 0 Å². The minimum Gasteiger partial charge on any atom is -0.494 e. The number of hydrogen-bond donors (Lipinski definition) is 0. The maximum atomic E-state index is 14.9. The van der Waals surface area contributed by atoms with Gasteiger partial charge >= 0.3 is 0 Å². The zero-order chi connectivity index (χ0) is 34.3. The Morgan fingerprint density at radius 3 is 2.27 bits per heavy atom. The molecule has 5 aromatic carbocycles. The Bertz CT molecular complexity index is 2400. The molecule has 0 aliphatic rings. The molecule has 0 amide bonds. The van der Waals surface area contributed by atoms with E-state index in [1.807, 2.05) is 0 Å². The average Bonchev–Trinajstić information content (AvgIpc) is 3.43. The van der Waals surface area contributed by atoms with Crippen molar-refractivity contribution in [1.29, 1.82) is 0 Å². The van der Waals surface area contributed by atoms with Gasteiger partial charge in [-0.15, -0.1) is 0 Å². The number of benzene rings is 5. The maximum Gasteiger partial charge on any atom is 0.268 e. The van der Waals surface area contributed by atoms with E-state index in [2.05, 4.69) is 4.85 Å². The first-order chi connectivity index (χ1) is 23.0. The Hall–Kier alpha value is -5.37. The highest BCUT2D eigenvalue weighted by Gasteiger charge is 2.30. The van der Waals surface area contributed by atoms with Crippen molar-refractivity contribution in [3.63, 3.8) is 0 Å². The van der Waals surface area contributed by atoms with Gasteiger partial charge in [-0.25, -0.2) is 30.4 Å². The summed E-state index contributed by atoms with van der Waals surface area (Å²) in [5, 5.41) is 0.375. The van der Waals surface area contributed by atoms with E-state index in [4.69, 9.17) is 22.9 Å². The van der Waals surface area contributed by atoms with Crippen LogP contribution in [0.3, 0.4) is 0 Å². The summed E-state index contributed by atoms with van der Waals surface area (Å²) in [5.41, 5.74) is 2.36. The van der Waals surface area contributed by atoms with Gasteiger partial charge in [-0.3, -0.25) is 4.79 Å². The molecule has 6 aromatic rings. The first-order valence-electron chi connectivity index (χ1n) is 14.4. The van der Waals surface area contributed by atoms with E-state index in [0.29, 0.717) is 22.3 Å². The van der Waals surface area contributed by atoms with Gasteiger partial charge in [0.2, 0.25) is 0 Å². The van der Waals surface area contributed by atoms with Gasteiger partial charge in [0.1, 0.15) is 11.6 Å². The number of halogens is 4. The molecular weight excluding hydrogens is 661 g/mol. The number of alkyl halides is 2. The highest BCUT2D eigenvalue weighted by atomic mass is 35.5. The molecule has 6 nitrogen and oxygen atoms in total. The van der Waals surface area contributed by atoms with Gasteiger partial charge < -0.3 is 4.74 Å². The van der Waals surface area contributed by atoms with Gasteiger partial charge in [-0.2, -0.15) is 0 Å². The minimum absolute atomic E-state index is 0.106. The van der Waals surface area contributed by atoms with Crippen LogP contribution in [0.4, 0.5) is 18.9 Å². The molecule has 240 valence electrons. The van der Waals surface area contributed by atoms with E-state index in [1.165, 1.54) is 26.2 Å². The van der Waals surface area contributed by atoms with Gasteiger partial charge in [0.05, 0.1) is 40.4 Å². The molecule has 11 heteroatoms. The summed E-state index contributed by atoms with van der Waals surface area (Å²) in [6, 6.07) is 24.5. The van der Waals surface area contributed by atoms with E-state index < -0.39 is 22.3 Å². The summed E-state index contributed by atoms with van der Waals surface area (Å²) in [7, 11) is -3.14. The largest absolute Gasteiger partial charge is 0.494 e. The molecule has 0 saturated carbocycles. The number of ketones is 1. The lowest BCUT2D eigenvalue weighted by Crippen LogP contribution is -2.14. The molecule has 48 heavy (non-hydrogen) atoms. The van der Waals surface area contributed by atoms with Crippen LogP contribution in [0.15, 0.2) is 108 Å². The van der Waals surface area contributed by atoms with Crippen LogP contribution < -0.4 is 4.74 Å². The molecule has 0 atom stereocenters. The topological polar surface area (TPSA) is 69.7 Å². The van der Waals surface area contributed by atoms with Gasteiger partial charge in [-0.05, 0) is 60.5 Å². The van der Waals surface area contributed by atoms with Crippen LogP contribution in [-0.4, -0.2) is 25.3 Å². The number of hydrogen-bond acceptors (Lipinski definition) is 4. The molecule has 0 fully saturated rings. The number of fused-ring (bicyclic) bond motifs is 1. The van der Waals surface area contributed by atoms with Crippen LogP contribution in [0.1, 0.15) is 29.3 Å². The fourth-order valence-corrected chi connectivity index (χ4v) is 7.68. The Labute approximate surface area is 279 Å². The third-order valence-electron chi connectivity index (χ3n) is 7.98. The predicted molar refractivity (Wildman–Crippen MR) is 180 cm³/mol. The summed E-state index contributed by atoms with van der Waals surface area (Å²) in [4.78, 5) is 15.6. The van der Waals surface area contributed by atoms with Gasteiger partial charge in [-0.1, -0.05) is 72.3 Å². The summed E-state index contributed by atoms with van der Waals surface area (Å²) in [5.74, 6) is -0.705. The zero-order valence-corrected chi connectivity index (χ0v) is 26.9. The third kappa shape index (κ3) is 5.51. The lowest BCUT2D eigenvalue weighted by molar-refractivity contribution is 0.101. The lowest BCUT2D eigenvalue weighted by Gasteiger charge is -2.16. The second kappa shape index (κ2) is 12.7. The number of methoxy groups -OCH3 is 1. The minimum atomic E-state index is -4.53. The summed E-state index contributed by atoms with van der Waals surface area (Å²) in [6.07, 6.45) is -2.80. The molecule has 0 bridgehead atoms. The quantitative estimate of drug-likeness (QED) is 0.118. The number of carbonyl (C=O) groups is 1. The standard InChI is InChI=1S/C37H24ClF3N2O4S/c1-21(44)27-16-17-28(34(38)36(27)47-3)23-7-6-8-24(19-23)35-33(29-9-4-5-10-31(29)42-2)30-20-25(39)13-18-32(30)43(35)48(45,46)26-14-11-22(12-15-26)37(40)41/h4-20,37H,1,3H3. The van der Waals surface area contributed by atoms with Crippen molar-refractivity contribution in [3.8, 4) is 39.3 Å². The molecular formula is C37H24ClF3N2O4S. The van der Waals surface area contributed by atoms with E-state index in [0.717, 1.165) is 34.3 Å². The Kier molecular flexibility index (Phi) is 8.60. The first kappa shape index (κ1) is 32.6. The SMILES string of the molecule is [C-]#[N+]c1ccccc1-c1c(-c2cccc(-c3ccc(C(C)=O)c(OC)c3Cl)c2)n(S(=O)(=O)c2ccc(C(F)F)cc2)c2ccc(F)cc12. The van der Waals surface area contributed by atoms with Crippen LogP contribution in [0.5, 0.6) is 5.75 Å². The molecule has 0 aliphatic carbocycles. The molecule has 0 aliphatic heterocycles. The summed E-state index contributed by atoms with van der Waals surface area (Å²) >= 11 is 6.75. The molecule has 0 N–H and O–H groups in total. The molecule has 0 radical (unpaired) electrons. The van der Waals surface area contributed by atoms with E-state index in [1.54, 1.807) is 60.7 Å². The predicted octanol–water partition coefficient (Wildman–Crippen LogP) is 10.4. The average molecular weight is 685 g/mol. The number of aromatic nitrogens is 1. The van der Waals surface area contributed by atoms with Crippen molar-refractivity contribution >= 4 is 44.0 Å². The second-order valence-corrected chi connectivity index (χ2v) is 13.0. The number of carbonyl (C=O) groups excluding carboxylic acids is 1. The highest BCUT2D eigenvalue weighted by Crippen LogP contribution is 2.47. The van der Waals surface area contributed by atoms with Gasteiger partial charge in [0.15, 0.2) is 11.5 Å². The fourth-order valence-electron chi connectivity index (χ4n) is 5.78. The monoisotopic (exact) mass is 684 g/mol. The fraction of sp³-hybridized carbons (Fsp3) is 0.0811. The number of para-hydroxylation sites is 1. The Morgan fingerprint density at radius 2 is 1.60 bits per heavy atom. The van der Waals surface area contributed by atoms with Gasteiger partial charge in [0.25, 0.3) is 16.4 Å². The molecule has 6 rings (SSSR count). The van der Waals surface area contributed by atoms with Crippen molar-refractivity contribution in [2.75, 3.05) is 7.11 Å². The third-order valence-corrected chi connectivity index (χ3v) is 10.1. The smallest absolute Gasteiger partial charge is 0.268 e. The molecule has 1 aromatic heterocycles. The first-order valence-corrected chi connectivity index (χ1v) is 16.2. The number of nitrogens with zero attached hydrogens (tertiary/aromatic N) is 2. The number of rotatable bonds is 8. The van der Waals surface area contributed by atoms with Crippen molar-refractivity contribution < 1.29 is 31.1 Å². The van der Waals surface area contributed by atoms with Crippen LogP contribution in [0.2, 0.25) is 5.02 Å². The number of ether oxygens (including phenoxy) is 1. The summed E-state index contributed by atoms with van der Waals surface area (Å²) < 4.78 is 77.3. The Morgan fingerprint density at radius 1 is 0.896 bits per heavy atom.